The summed E-state index contributed by atoms with van der Waals surface area (Å²) in [5.41, 5.74) is 3.95. The molecule has 5 heteroatoms. The standard InChI is InChI=1S/C26H26N2O3/c29-26(27-22-5-2-1-3-6-22)20-10-8-19(9-11-20)18-28-14-4-7-23(28)21-12-13-24-25(17-21)31-16-15-30-24/h1-3,5-6,8-13,17,23H,4,7,14-16,18H2,(H,27,29)/t23-/m0/s1. The Morgan fingerprint density at radius 1 is 0.935 bits per heavy atom. The minimum absolute atomic E-state index is 0.0897. The fraction of sp³-hybridized carbons (Fsp3) is 0.269. The van der Waals surface area contributed by atoms with Crippen LogP contribution in [0.15, 0.2) is 72.8 Å². The maximum Gasteiger partial charge on any atom is 0.255 e. The van der Waals surface area contributed by atoms with Gasteiger partial charge < -0.3 is 14.8 Å². The van der Waals surface area contributed by atoms with Crippen LogP contribution in [0.3, 0.4) is 0 Å². The smallest absolute Gasteiger partial charge is 0.255 e. The molecule has 0 spiro atoms. The topological polar surface area (TPSA) is 50.8 Å². The monoisotopic (exact) mass is 414 g/mol. The second kappa shape index (κ2) is 8.82. The van der Waals surface area contributed by atoms with Crippen molar-refractivity contribution < 1.29 is 14.3 Å². The summed E-state index contributed by atoms with van der Waals surface area (Å²) in [6.45, 7) is 3.14. The number of para-hydroxylation sites is 1. The Balaban J connectivity index is 1.25. The number of rotatable bonds is 5. The lowest BCUT2D eigenvalue weighted by Gasteiger charge is -2.26. The Hall–Kier alpha value is -3.31. The zero-order chi connectivity index (χ0) is 21.0. The molecule has 1 atom stereocenters. The van der Waals surface area contributed by atoms with Gasteiger partial charge in [-0.05, 0) is 66.9 Å². The largest absolute Gasteiger partial charge is 0.486 e. The lowest BCUT2D eigenvalue weighted by Crippen LogP contribution is -2.23. The number of nitrogens with one attached hydrogen (secondary N) is 1. The van der Waals surface area contributed by atoms with Crippen LogP contribution >= 0.6 is 0 Å². The summed E-state index contributed by atoms with van der Waals surface area (Å²) in [4.78, 5) is 15.0. The number of hydrogen-bond donors (Lipinski definition) is 1. The molecular formula is C26H26N2O3. The molecule has 158 valence electrons. The van der Waals surface area contributed by atoms with E-state index >= 15 is 0 Å². The second-order valence-corrected chi connectivity index (χ2v) is 8.05. The highest BCUT2D eigenvalue weighted by Crippen LogP contribution is 2.38. The van der Waals surface area contributed by atoms with E-state index < -0.39 is 0 Å². The van der Waals surface area contributed by atoms with Crippen LogP contribution in [0.2, 0.25) is 0 Å². The van der Waals surface area contributed by atoms with Crippen LogP contribution in [0.4, 0.5) is 5.69 Å². The Kier molecular flexibility index (Phi) is 5.59. The second-order valence-electron chi connectivity index (χ2n) is 8.05. The van der Waals surface area contributed by atoms with Gasteiger partial charge in [-0.15, -0.1) is 0 Å². The first kappa shape index (κ1) is 19.6. The average molecular weight is 415 g/mol. The summed E-state index contributed by atoms with van der Waals surface area (Å²) >= 11 is 0. The number of benzene rings is 3. The van der Waals surface area contributed by atoms with Crippen LogP contribution in [0, 0.1) is 0 Å². The molecule has 5 nitrogen and oxygen atoms in total. The van der Waals surface area contributed by atoms with Gasteiger partial charge >= 0.3 is 0 Å². The van der Waals surface area contributed by atoms with Crippen LogP contribution < -0.4 is 14.8 Å². The average Bonchev–Trinajstić information content (AvgIpc) is 3.28. The number of ether oxygens (including phenoxy) is 2. The Bertz CT molecular complexity index is 1050. The van der Waals surface area contributed by atoms with Gasteiger partial charge in [0.1, 0.15) is 13.2 Å². The van der Waals surface area contributed by atoms with Crippen molar-refractivity contribution in [3.05, 3.63) is 89.5 Å². The Morgan fingerprint density at radius 2 is 1.71 bits per heavy atom. The number of likely N-dealkylation sites (tertiary alicyclic amines) is 1. The number of fused-ring (bicyclic) bond motifs is 1. The molecule has 0 aromatic heterocycles. The van der Waals surface area contributed by atoms with Gasteiger partial charge in [0.2, 0.25) is 0 Å². The number of amides is 1. The van der Waals surface area contributed by atoms with Gasteiger partial charge in [0.05, 0.1) is 0 Å². The highest BCUT2D eigenvalue weighted by Gasteiger charge is 2.27. The van der Waals surface area contributed by atoms with Crippen molar-refractivity contribution in [1.29, 1.82) is 0 Å². The Morgan fingerprint density at radius 3 is 2.52 bits per heavy atom. The molecule has 0 saturated carbocycles. The zero-order valence-electron chi connectivity index (χ0n) is 17.4. The van der Waals surface area contributed by atoms with E-state index in [1.165, 1.54) is 17.5 Å². The molecule has 0 aliphatic carbocycles. The quantitative estimate of drug-likeness (QED) is 0.635. The summed E-state index contributed by atoms with van der Waals surface area (Å²) in [6.07, 6.45) is 2.31. The van der Waals surface area contributed by atoms with Crippen LogP contribution in [0.5, 0.6) is 11.5 Å². The van der Waals surface area contributed by atoms with E-state index in [4.69, 9.17) is 9.47 Å². The van der Waals surface area contributed by atoms with Crippen molar-refractivity contribution in [3.63, 3.8) is 0 Å². The van der Waals surface area contributed by atoms with Gasteiger partial charge in [0.25, 0.3) is 5.91 Å². The molecule has 1 amide bonds. The van der Waals surface area contributed by atoms with Crippen LogP contribution in [-0.2, 0) is 6.54 Å². The predicted octanol–water partition coefficient (Wildman–Crippen LogP) is 5.05. The van der Waals surface area contributed by atoms with Crippen LogP contribution in [0.25, 0.3) is 0 Å². The maximum atomic E-state index is 12.5. The molecule has 3 aromatic rings. The van der Waals surface area contributed by atoms with Gasteiger partial charge in [-0.2, -0.15) is 0 Å². The number of carbonyl (C=O) groups excluding carboxylic acids is 1. The highest BCUT2D eigenvalue weighted by molar-refractivity contribution is 6.04. The van der Waals surface area contributed by atoms with Crippen LogP contribution in [0.1, 0.15) is 40.4 Å². The Labute approximate surface area is 182 Å². The van der Waals surface area contributed by atoms with Crippen molar-refractivity contribution in [2.75, 3.05) is 25.1 Å². The number of carbonyl (C=O) groups is 1. The van der Waals surface area contributed by atoms with E-state index in [2.05, 4.69) is 34.5 Å². The lowest BCUT2D eigenvalue weighted by atomic mass is 10.0. The van der Waals surface area contributed by atoms with E-state index in [1.807, 2.05) is 48.5 Å². The molecule has 3 aromatic carbocycles. The van der Waals surface area contributed by atoms with Gasteiger partial charge in [-0.1, -0.05) is 36.4 Å². The highest BCUT2D eigenvalue weighted by atomic mass is 16.6. The number of nitrogens with zero attached hydrogens (tertiary/aromatic N) is 1. The SMILES string of the molecule is O=C(Nc1ccccc1)c1ccc(CN2CCC[C@H]2c2ccc3c(c2)OCCO3)cc1. The number of anilines is 1. The van der Waals surface area contributed by atoms with E-state index in [0.29, 0.717) is 24.8 Å². The molecular weight excluding hydrogens is 388 g/mol. The molecule has 5 rings (SSSR count). The minimum atomic E-state index is -0.0897. The summed E-state index contributed by atoms with van der Waals surface area (Å²) in [7, 11) is 0. The molecule has 0 bridgehead atoms. The van der Waals surface area contributed by atoms with Crippen molar-refractivity contribution in [3.8, 4) is 11.5 Å². The fourth-order valence-corrected chi connectivity index (χ4v) is 4.38. The third kappa shape index (κ3) is 4.42. The lowest BCUT2D eigenvalue weighted by molar-refractivity contribution is 0.102. The molecule has 31 heavy (non-hydrogen) atoms. The van der Waals surface area contributed by atoms with E-state index in [-0.39, 0.29) is 5.91 Å². The first-order chi connectivity index (χ1) is 15.3. The van der Waals surface area contributed by atoms with E-state index in [1.54, 1.807) is 0 Å². The van der Waals surface area contributed by atoms with Gasteiger partial charge in [0.15, 0.2) is 11.5 Å². The van der Waals surface area contributed by atoms with Crippen LogP contribution in [-0.4, -0.2) is 30.6 Å². The predicted molar refractivity (Wildman–Crippen MR) is 121 cm³/mol. The minimum Gasteiger partial charge on any atom is -0.486 e. The third-order valence-corrected chi connectivity index (χ3v) is 5.95. The zero-order valence-corrected chi connectivity index (χ0v) is 17.4. The van der Waals surface area contributed by atoms with Crippen molar-refractivity contribution >= 4 is 11.6 Å². The normalized spacial score (nSPS) is 18.0. The number of hydrogen-bond acceptors (Lipinski definition) is 4. The van der Waals surface area contributed by atoms with Crippen molar-refractivity contribution in [2.24, 2.45) is 0 Å². The molecule has 2 aliphatic rings. The first-order valence-electron chi connectivity index (χ1n) is 10.9. The molecule has 0 radical (unpaired) electrons. The molecule has 2 aliphatic heterocycles. The summed E-state index contributed by atoms with van der Waals surface area (Å²) in [5.74, 6) is 1.60. The van der Waals surface area contributed by atoms with E-state index in [9.17, 15) is 4.79 Å². The molecule has 1 N–H and O–H groups in total. The van der Waals surface area contributed by atoms with Gasteiger partial charge in [-0.3, -0.25) is 9.69 Å². The summed E-state index contributed by atoms with van der Waals surface area (Å²) < 4.78 is 11.4. The fourth-order valence-electron chi connectivity index (χ4n) is 4.38. The molecule has 1 saturated heterocycles. The van der Waals surface area contributed by atoms with Crippen molar-refractivity contribution in [1.82, 2.24) is 4.90 Å². The van der Waals surface area contributed by atoms with Crippen molar-refractivity contribution in [2.45, 2.75) is 25.4 Å². The molecule has 0 unspecified atom stereocenters. The summed E-state index contributed by atoms with van der Waals surface area (Å²) in [6, 6.07) is 24.1. The maximum absolute atomic E-state index is 12.5. The molecule has 1 fully saturated rings. The van der Waals surface area contributed by atoms with E-state index in [0.717, 1.165) is 36.7 Å². The van der Waals surface area contributed by atoms with Gasteiger partial charge in [-0.25, -0.2) is 0 Å². The van der Waals surface area contributed by atoms with Gasteiger partial charge in [0, 0.05) is 23.8 Å². The first-order valence-corrected chi connectivity index (χ1v) is 10.9. The summed E-state index contributed by atoms with van der Waals surface area (Å²) in [5, 5.41) is 2.93. The molecule has 2 heterocycles. The third-order valence-electron chi connectivity index (χ3n) is 5.95.